The average molecular weight is 290 g/mol. The van der Waals surface area contributed by atoms with E-state index in [-0.39, 0.29) is 29.9 Å². The van der Waals surface area contributed by atoms with Crippen LogP contribution in [0.2, 0.25) is 0 Å². The molecule has 0 N–H and O–H groups in total. The number of Topliss-reactive ketones (excluding diaryl/α,β-unsaturated/α-hetero) is 2. The lowest BCUT2D eigenvalue weighted by molar-refractivity contribution is -0.135. The minimum atomic E-state index is -0.729. The van der Waals surface area contributed by atoms with E-state index < -0.39 is 5.41 Å². The Hall–Kier alpha value is -0.935. The quantitative estimate of drug-likeness (QED) is 0.550. The Morgan fingerprint density at radius 3 is 1.90 bits per heavy atom. The molecule has 0 aromatic carbocycles. The van der Waals surface area contributed by atoms with Crippen LogP contribution >= 0.6 is 0 Å². The average Bonchev–Trinajstić information content (AvgIpc) is 2.79. The predicted octanol–water partition coefficient (Wildman–Crippen LogP) is 2.65. The molecule has 2 fully saturated rings. The fourth-order valence-corrected chi connectivity index (χ4v) is 3.44. The van der Waals surface area contributed by atoms with Gasteiger partial charge in [0.15, 0.2) is 0 Å². The number of hydrogen-bond donors (Lipinski definition) is 0. The van der Waals surface area contributed by atoms with E-state index in [1.807, 2.05) is 33.8 Å². The molecule has 0 bridgehead atoms. The highest BCUT2D eigenvalue weighted by molar-refractivity contribution is 6.54. The molecule has 0 aromatic rings. The second-order valence-corrected chi connectivity index (χ2v) is 7.50. The SMILES string of the molecule is CC1(C)OB(C2=CCC3(CC2)C(=O)CCC3=O)OC1(C)C. The third-order valence-corrected chi connectivity index (χ3v) is 5.76. The predicted molar refractivity (Wildman–Crippen MR) is 79.7 cm³/mol. The number of ketones is 2. The topological polar surface area (TPSA) is 52.6 Å². The van der Waals surface area contributed by atoms with Crippen LogP contribution in [-0.2, 0) is 18.9 Å². The highest BCUT2D eigenvalue weighted by Crippen LogP contribution is 2.46. The van der Waals surface area contributed by atoms with Crippen LogP contribution in [0.5, 0.6) is 0 Å². The minimum Gasteiger partial charge on any atom is -0.400 e. The van der Waals surface area contributed by atoms with Crippen molar-refractivity contribution in [3.63, 3.8) is 0 Å². The van der Waals surface area contributed by atoms with Crippen molar-refractivity contribution in [3.05, 3.63) is 11.5 Å². The first-order valence-corrected chi connectivity index (χ1v) is 7.79. The van der Waals surface area contributed by atoms with Crippen LogP contribution in [0.4, 0.5) is 0 Å². The van der Waals surface area contributed by atoms with Crippen molar-refractivity contribution in [2.24, 2.45) is 5.41 Å². The Morgan fingerprint density at radius 1 is 0.952 bits per heavy atom. The van der Waals surface area contributed by atoms with Gasteiger partial charge in [0.2, 0.25) is 0 Å². The van der Waals surface area contributed by atoms with Crippen molar-refractivity contribution >= 4 is 18.7 Å². The van der Waals surface area contributed by atoms with E-state index in [0.29, 0.717) is 32.1 Å². The van der Waals surface area contributed by atoms with E-state index in [4.69, 9.17) is 9.31 Å². The molecular weight excluding hydrogens is 267 g/mol. The fourth-order valence-electron chi connectivity index (χ4n) is 3.44. The van der Waals surface area contributed by atoms with E-state index in [1.54, 1.807) is 0 Å². The first-order valence-electron chi connectivity index (χ1n) is 7.79. The molecule has 1 saturated heterocycles. The van der Waals surface area contributed by atoms with Gasteiger partial charge in [-0.15, -0.1) is 0 Å². The van der Waals surface area contributed by atoms with Gasteiger partial charge in [0.1, 0.15) is 11.6 Å². The first kappa shape index (κ1) is 15.0. The van der Waals surface area contributed by atoms with Gasteiger partial charge in [0, 0.05) is 12.8 Å². The first-order chi connectivity index (χ1) is 9.68. The largest absolute Gasteiger partial charge is 0.490 e. The molecule has 3 rings (SSSR count). The van der Waals surface area contributed by atoms with Gasteiger partial charge in [-0.3, -0.25) is 9.59 Å². The smallest absolute Gasteiger partial charge is 0.400 e. The van der Waals surface area contributed by atoms with Crippen molar-refractivity contribution in [1.29, 1.82) is 0 Å². The van der Waals surface area contributed by atoms with Crippen LogP contribution in [0.15, 0.2) is 11.5 Å². The van der Waals surface area contributed by atoms with Gasteiger partial charge in [0.05, 0.1) is 16.6 Å². The molecule has 2 aliphatic carbocycles. The summed E-state index contributed by atoms with van der Waals surface area (Å²) in [5.74, 6) is 0.244. The third-order valence-electron chi connectivity index (χ3n) is 5.76. The maximum Gasteiger partial charge on any atom is 0.490 e. The Bertz CT molecular complexity index is 500. The molecule has 1 saturated carbocycles. The van der Waals surface area contributed by atoms with Crippen LogP contribution in [-0.4, -0.2) is 29.9 Å². The monoisotopic (exact) mass is 290 g/mol. The van der Waals surface area contributed by atoms with Gasteiger partial charge in [-0.25, -0.2) is 0 Å². The molecule has 0 radical (unpaired) electrons. The zero-order chi connectivity index (χ0) is 15.5. The molecule has 3 aliphatic rings. The maximum absolute atomic E-state index is 12.1. The molecule has 4 nitrogen and oxygen atoms in total. The van der Waals surface area contributed by atoms with Crippen LogP contribution in [0.3, 0.4) is 0 Å². The second kappa shape index (κ2) is 4.53. The summed E-state index contributed by atoms with van der Waals surface area (Å²) >= 11 is 0. The summed E-state index contributed by atoms with van der Waals surface area (Å²) in [5.41, 5.74) is -0.362. The zero-order valence-corrected chi connectivity index (χ0v) is 13.3. The van der Waals surface area contributed by atoms with Gasteiger partial charge < -0.3 is 9.31 Å². The Balaban J connectivity index is 1.78. The fraction of sp³-hybridized carbons (Fsp3) is 0.750. The summed E-state index contributed by atoms with van der Waals surface area (Å²) in [6.07, 6.45) is 4.67. The molecule has 0 atom stereocenters. The third kappa shape index (κ3) is 2.13. The molecule has 1 aliphatic heterocycles. The Labute approximate surface area is 126 Å². The summed E-state index contributed by atoms with van der Waals surface area (Å²) in [6, 6.07) is 0. The number of allylic oxidation sites excluding steroid dienone is 2. The molecule has 0 aromatic heterocycles. The Kier molecular flexibility index (Phi) is 3.23. The summed E-state index contributed by atoms with van der Waals surface area (Å²) < 4.78 is 12.1. The van der Waals surface area contributed by atoms with Gasteiger partial charge in [-0.2, -0.15) is 0 Å². The van der Waals surface area contributed by atoms with E-state index in [9.17, 15) is 9.59 Å². The number of rotatable bonds is 1. The van der Waals surface area contributed by atoms with Gasteiger partial charge in [-0.1, -0.05) is 6.08 Å². The summed E-state index contributed by atoms with van der Waals surface area (Å²) in [5, 5.41) is 0. The van der Waals surface area contributed by atoms with Crippen molar-refractivity contribution < 1.29 is 18.9 Å². The lowest BCUT2D eigenvalue weighted by Gasteiger charge is -2.32. The van der Waals surface area contributed by atoms with E-state index >= 15 is 0 Å². The molecule has 1 spiro atoms. The van der Waals surface area contributed by atoms with E-state index in [0.717, 1.165) is 5.47 Å². The highest BCUT2D eigenvalue weighted by atomic mass is 16.7. The van der Waals surface area contributed by atoms with E-state index in [1.165, 1.54) is 0 Å². The van der Waals surface area contributed by atoms with Crippen LogP contribution in [0, 0.1) is 5.41 Å². The van der Waals surface area contributed by atoms with Gasteiger partial charge in [-0.05, 0) is 52.4 Å². The Morgan fingerprint density at radius 2 is 1.48 bits per heavy atom. The van der Waals surface area contributed by atoms with Crippen molar-refractivity contribution in [2.75, 3.05) is 0 Å². The van der Waals surface area contributed by atoms with Crippen LogP contribution in [0.1, 0.15) is 59.8 Å². The zero-order valence-electron chi connectivity index (χ0n) is 13.3. The molecule has 114 valence electrons. The molecular formula is C16H23BO4. The van der Waals surface area contributed by atoms with Gasteiger partial charge in [0.25, 0.3) is 0 Å². The molecule has 21 heavy (non-hydrogen) atoms. The highest BCUT2D eigenvalue weighted by Gasteiger charge is 2.55. The van der Waals surface area contributed by atoms with Crippen LogP contribution < -0.4 is 0 Å². The van der Waals surface area contributed by atoms with Crippen molar-refractivity contribution in [1.82, 2.24) is 0 Å². The molecule has 1 heterocycles. The normalized spacial score (nSPS) is 30.1. The minimum absolute atomic E-state index is 0.122. The lowest BCUT2D eigenvalue weighted by Crippen LogP contribution is -2.41. The summed E-state index contributed by atoms with van der Waals surface area (Å²) in [7, 11) is -0.348. The number of carbonyl (C=O) groups excluding carboxylic acids is 2. The maximum atomic E-state index is 12.1. The number of carbonyl (C=O) groups is 2. The standard InChI is InChI=1S/C16H23BO4/c1-14(2)15(3,4)21-17(20-14)11-7-9-16(10-8-11)12(18)5-6-13(16)19/h7H,5-6,8-10H2,1-4H3. The molecule has 5 heteroatoms. The lowest BCUT2D eigenvalue weighted by atomic mass is 9.64. The summed E-state index contributed by atoms with van der Waals surface area (Å²) in [4.78, 5) is 24.2. The van der Waals surface area contributed by atoms with Crippen molar-refractivity contribution in [3.8, 4) is 0 Å². The molecule has 0 amide bonds. The molecule has 0 unspecified atom stereocenters. The summed E-state index contributed by atoms with van der Waals surface area (Å²) in [6.45, 7) is 8.12. The van der Waals surface area contributed by atoms with Crippen LogP contribution in [0.25, 0.3) is 0 Å². The van der Waals surface area contributed by atoms with Crippen molar-refractivity contribution in [2.45, 2.75) is 71.0 Å². The second-order valence-electron chi connectivity index (χ2n) is 7.50. The number of hydrogen-bond acceptors (Lipinski definition) is 4. The van der Waals surface area contributed by atoms with E-state index in [2.05, 4.69) is 0 Å². The van der Waals surface area contributed by atoms with Gasteiger partial charge >= 0.3 is 7.12 Å².